The molecule has 2 aromatic carbocycles. The highest BCUT2D eigenvalue weighted by Crippen LogP contribution is 2.34. The minimum Gasteiger partial charge on any atom is -0.224 e. The first-order valence-corrected chi connectivity index (χ1v) is 9.63. The Hall–Kier alpha value is -1.84. The average Bonchev–Trinajstić information content (AvgIpc) is 2.72. The molecule has 122 valence electrons. The molecule has 0 unspecified atom stereocenters. The fourth-order valence-corrected chi connectivity index (χ4v) is 5.63. The third-order valence-electron chi connectivity index (χ3n) is 3.50. The van der Waals surface area contributed by atoms with Crippen molar-refractivity contribution in [3.63, 3.8) is 0 Å². The third kappa shape index (κ3) is 2.87. The molecule has 0 fully saturated rings. The molecule has 0 radical (unpaired) electrons. The third-order valence-corrected chi connectivity index (χ3v) is 6.80. The lowest BCUT2D eigenvalue weighted by molar-refractivity contribution is 0.538. The van der Waals surface area contributed by atoms with E-state index in [0.29, 0.717) is 12.1 Å². The molecule has 2 aromatic rings. The van der Waals surface area contributed by atoms with Gasteiger partial charge in [-0.15, -0.1) is 0 Å². The van der Waals surface area contributed by atoms with Crippen LogP contribution in [-0.2, 0) is 19.9 Å². The Labute approximate surface area is 131 Å². The molecular weight excluding hydrogens is 348 g/mol. The molecule has 0 aromatic heterocycles. The second-order valence-electron chi connectivity index (χ2n) is 5.07. The van der Waals surface area contributed by atoms with E-state index in [1.54, 1.807) is 6.07 Å². The monoisotopic (exact) mass is 359 g/mol. The summed E-state index contributed by atoms with van der Waals surface area (Å²) in [7, 11) is -8.04. The minimum absolute atomic E-state index is 0.0346. The van der Waals surface area contributed by atoms with Gasteiger partial charge in [0, 0.05) is 0 Å². The molecule has 1 aliphatic heterocycles. The Morgan fingerprint density at radius 2 is 1.78 bits per heavy atom. The maximum Gasteiger partial charge on any atom is 0.244 e. The van der Waals surface area contributed by atoms with Crippen LogP contribution >= 0.6 is 0 Å². The van der Waals surface area contributed by atoms with Gasteiger partial charge in [-0.3, -0.25) is 0 Å². The lowest BCUT2D eigenvalue weighted by Crippen LogP contribution is -2.30. The van der Waals surface area contributed by atoms with Crippen LogP contribution in [0.3, 0.4) is 0 Å². The second kappa shape index (κ2) is 5.36. The van der Waals surface area contributed by atoms with Crippen molar-refractivity contribution in [2.45, 2.75) is 15.8 Å². The highest BCUT2D eigenvalue weighted by atomic mass is 32.2. The van der Waals surface area contributed by atoms with E-state index in [0.717, 1.165) is 6.07 Å². The summed E-state index contributed by atoms with van der Waals surface area (Å²) in [6.45, 7) is 0. The molecular formula is C14H11F2NO4S2. The molecule has 0 spiro atoms. The Morgan fingerprint density at radius 3 is 2.52 bits per heavy atom. The summed E-state index contributed by atoms with van der Waals surface area (Å²) >= 11 is 0. The number of nitrogens with one attached hydrogen (secondary N) is 1. The summed E-state index contributed by atoms with van der Waals surface area (Å²) in [5.74, 6) is -2.50. The van der Waals surface area contributed by atoms with Gasteiger partial charge in [-0.1, -0.05) is 18.2 Å². The van der Waals surface area contributed by atoms with E-state index >= 15 is 0 Å². The standard InChI is InChI=1S/C14H11F2NO4S2/c15-9-5-6-11(16)14(7-9)23(20,21)17-12-8-22(18,19)13-4-2-1-3-10(12)13/h1-7,12,17H,8H2/t12-/m0/s1. The molecule has 0 saturated carbocycles. The van der Waals surface area contributed by atoms with E-state index < -0.39 is 48.2 Å². The number of sulfonamides is 1. The second-order valence-corrected chi connectivity index (χ2v) is 8.75. The molecule has 5 nitrogen and oxygen atoms in total. The van der Waals surface area contributed by atoms with Gasteiger partial charge in [0.25, 0.3) is 0 Å². The van der Waals surface area contributed by atoms with Gasteiger partial charge in [-0.2, -0.15) is 0 Å². The number of hydrogen-bond donors (Lipinski definition) is 1. The first kappa shape index (κ1) is 16.0. The van der Waals surface area contributed by atoms with E-state index in [9.17, 15) is 25.6 Å². The highest BCUT2D eigenvalue weighted by Gasteiger charge is 2.37. The van der Waals surface area contributed by atoms with Gasteiger partial charge < -0.3 is 0 Å². The number of halogens is 2. The maximum atomic E-state index is 13.7. The first-order chi connectivity index (χ1) is 10.7. The van der Waals surface area contributed by atoms with Crippen molar-refractivity contribution in [3.05, 3.63) is 59.7 Å². The summed E-state index contributed by atoms with van der Waals surface area (Å²) in [6, 6.07) is 6.95. The summed E-state index contributed by atoms with van der Waals surface area (Å²) < 4.78 is 77.6. The van der Waals surface area contributed by atoms with Crippen LogP contribution in [0.15, 0.2) is 52.3 Å². The Morgan fingerprint density at radius 1 is 1.09 bits per heavy atom. The number of sulfone groups is 1. The molecule has 1 N–H and O–H groups in total. The molecule has 0 amide bonds. The zero-order valence-electron chi connectivity index (χ0n) is 11.5. The van der Waals surface area contributed by atoms with Crippen molar-refractivity contribution in [1.29, 1.82) is 0 Å². The van der Waals surface area contributed by atoms with Gasteiger partial charge in [-0.25, -0.2) is 30.3 Å². The Kier molecular flexibility index (Phi) is 3.74. The van der Waals surface area contributed by atoms with Crippen molar-refractivity contribution in [2.75, 3.05) is 5.75 Å². The van der Waals surface area contributed by atoms with E-state index in [4.69, 9.17) is 0 Å². The van der Waals surface area contributed by atoms with Crippen molar-refractivity contribution in [3.8, 4) is 0 Å². The zero-order valence-corrected chi connectivity index (χ0v) is 13.2. The molecule has 0 saturated heterocycles. The van der Waals surface area contributed by atoms with Crippen molar-refractivity contribution in [1.82, 2.24) is 4.72 Å². The molecule has 23 heavy (non-hydrogen) atoms. The Bertz CT molecular complexity index is 988. The molecule has 1 aliphatic rings. The fraction of sp³-hybridized carbons (Fsp3) is 0.143. The number of hydrogen-bond acceptors (Lipinski definition) is 4. The van der Waals surface area contributed by atoms with E-state index in [2.05, 4.69) is 4.72 Å². The van der Waals surface area contributed by atoms with Crippen LogP contribution in [0.25, 0.3) is 0 Å². The summed E-state index contributed by atoms with van der Waals surface area (Å²) in [5.41, 5.74) is 0.285. The molecule has 1 atom stereocenters. The number of fused-ring (bicyclic) bond motifs is 1. The predicted molar refractivity (Wildman–Crippen MR) is 77.9 cm³/mol. The first-order valence-electron chi connectivity index (χ1n) is 6.50. The van der Waals surface area contributed by atoms with Gasteiger partial charge in [0.05, 0.1) is 16.7 Å². The van der Waals surface area contributed by atoms with Gasteiger partial charge in [0.1, 0.15) is 16.5 Å². The number of rotatable bonds is 3. The predicted octanol–water partition coefficient (Wildman–Crippen LogP) is 1.77. The van der Waals surface area contributed by atoms with Crippen LogP contribution in [0.4, 0.5) is 8.78 Å². The zero-order chi connectivity index (χ0) is 16.8. The van der Waals surface area contributed by atoms with Crippen molar-refractivity contribution >= 4 is 19.9 Å². The molecule has 0 aliphatic carbocycles. The Balaban J connectivity index is 2.01. The van der Waals surface area contributed by atoms with E-state index in [1.807, 2.05) is 0 Å². The highest BCUT2D eigenvalue weighted by molar-refractivity contribution is 7.92. The van der Waals surface area contributed by atoms with Gasteiger partial charge in [0.15, 0.2) is 9.84 Å². The van der Waals surface area contributed by atoms with Gasteiger partial charge in [-0.05, 0) is 29.8 Å². The van der Waals surface area contributed by atoms with Crippen LogP contribution in [0.1, 0.15) is 11.6 Å². The van der Waals surface area contributed by atoms with Crippen LogP contribution in [0.5, 0.6) is 0 Å². The van der Waals surface area contributed by atoms with Crippen LogP contribution in [0, 0.1) is 11.6 Å². The van der Waals surface area contributed by atoms with E-state index in [-0.39, 0.29) is 10.5 Å². The quantitative estimate of drug-likeness (QED) is 0.906. The van der Waals surface area contributed by atoms with E-state index in [1.165, 1.54) is 18.2 Å². The molecule has 3 rings (SSSR count). The van der Waals surface area contributed by atoms with Crippen molar-refractivity contribution in [2.24, 2.45) is 0 Å². The van der Waals surface area contributed by atoms with Crippen LogP contribution in [0.2, 0.25) is 0 Å². The molecule has 9 heteroatoms. The summed E-state index contributed by atoms with van der Waals surface area (Å²) in [6.07, 6.45) is 0. The normalized spacial score (nSPS) is 19.5. The van der Waals surface area contributed by atoms with Crippen LogP contribution in [-0.4, -0.2) is 22.6 Å². The molecule has 0 bridgehead atoms. The maximum absolute atomic E-state index is 13.7. The van der Waals surface area contributed by atoms with Crippen LogP contribution < -0.4 is 4.72 Å². The average molecular weight is 359 g/mol. The van der Waals surface area contributed by atoms with Crippen molar-refractivity contribution < 1.29 is 25.6 Å². The fourth-order valence-electron chi connectivity index (χ4n) is 2.48. The summed E-state index contributed by atoms with van der Waals surface area (Å²) in [4.78, 5) is -0.827. The number of benzene rings is 2. The SMILES string of the molecule is O=S1(=O)C[C@H](NS(=O)(=O)c2cc(F)ccc2F)c2ccccc21. The minimum atomic E-state index is -4.42. The largest absolute Gasteiger partial charge is 0.244 e. The lowest BCUT2D eigenvalue weighted by atomic mass is 10.1. The molecule has 1 heterocycles. The van der Waals surface area contributed by atoms with Gasteiger partial charge in [0.2, 0.25) is 10.0 Å². The topological polar surface area (TPSA) is 80.3 Å². The summed E-state index contributed by atoms with van der Waals surface area (Å²) in [5, 5.41) is 0. The lowest BCUT2D eigenvalue weighted by Gasteiger charge is -2.13. The van der Waals surface area contributed by atoms with Gasteiger partial charge >= 0.3 is 0 Å². The smallest absolute Gasteiger partial charge is 0.224 e.